The Morgan fingerprint density at radius 1 is 1.24 bits per heavy atom. The van der Waals surface area contributed by atoms with E-state index in [1.165, 1.54) is 0 Å². The number of carbonyl (C=O) groups is 1. The molecule has 1 aromatic heterocycles. The monoisotopic (exact) mass is 350 g/mol. The van der Waals surface area contributed by atoms with E-state index in [1.54, 1.807) is 6.07 Å². The molecule has 0 saturated carbocycles. The standard InChI is InChI=1S/C16H19BrN2O2/c1-12-6-7-15(21-12)11-18-8-3-9-19-16(20)13-4-2-5-14(17)10-13/h2,4-7,10,18H,3,8-9,11H2,1H3,(H,19,20). The van der Waals surface area contributed by atoms with Crippen LogP contribution in [-0.4, -0.2) is 19.0 Å². The maximum Gasteiger partial charge on any atom is 0.251 e. The fourth-order valence-electron chi connectivity index (χ4n) is 1.94. The number of hydrogen-bond donors (Lipinski definition) is 2. The topological polar surface area (TPSA) is 54.3 Å². The summed E-state index contributed by atoms with van der Waals surface area (Å²) in [6.07, 6.45) is 0.874. The first kappa shape index (κ1) is 15.8. The zero-order chi connectivity index (χ0) is 15.1. The minimum Gasteiger partial charge on any atom is -0.465 e. The van der Waals surface area contributed by atoms with Gasteiger partial charge in [0, 0.05) is 16.6 Å². The van der Waals surface area contributed by atoms with Crippen LogP contribution in [0.1, 0.15) is 28.3 Å². The largest absolute Gasteiger partial charge is 0.465 e. The Labute approximate surface area is 133 Å². The SMILES string of the molecule is Cc1ccc(CNCCCNC(=O)c2cccc(Br)c2)o1. The van der Waals surface area contributed by atoms with Crippen LogP contribution in [0.4, 0.5) is 0 Å². The maximum atomic E-state index is 11.9. The smallest absolute Gasteiger partial charge is 0.251 e. The molecule has 1 heterocycles. The van der Waals surface area contributed by atoms with E-state index in [0.29, 0.717) is 18.7 Å². The number of halogens is 1. The predicted molar refractivity (Wildman–Crippen MR) is 86.2 cm³/mol. The summed E-state index contributed by atoms with van der Waals surface area (Å²) in [6, 6.07) is 11.3. The molecule has 112 valence electrons. The van der Waals surface area contributed by atoms with Crippen molar-refractivity contribution in [2.24, 2.45) is 0 Å². The third kappa shape index (κ3) is 5.36. The van der Waals surface area contributed by atoms with Crippen molar-refractivity contribution in [1.29, 1.82) is 0 Å². The Balaban J connectivity index is 1.60. The van der Waals surface area contributed by atoms with E-state index in [2.05, 4.69) is 26.6 Å². The Kier molecular flexibility index (Phi) is 6.02. The quantitative estimate of drug-likeness (QED) is 0.753. The second-order valence-electron chi connectivity index (χ2n) is 4.81. The van der Waals surface area contributed by atoms with Crippen LogP contribution in [0.25, 0.3) is 0 Å². The van der Waals surface area contributed by atoms with Gasteiger partial charge in [0.15, 0.2) is 0 Å². The van der Waals surface area contributed by atoms with Crippen molar-refractivity contribution in [2.45, 2.75) is 19.9 Å². The van der Waals surface area contributed by atoms with E-state index in [-0.39, 0.29) is 5.91 Å². The van der Waals surface area contributed by atoms with Crippen molar-refractivity contribution in [3.63, 3.8) is 0 Å². The number of rotatable bonds is 7. The molecule has 0 aliphatic carbocycles. The van der Waals surface area contributed by atoms with E-state index in [1.807, 2.05) is 37.3 Å². The molecule has 21 heavy (non-hydrogen) atoms. The van der Waals surface area contributed by atoms with E-state index >= 15 is 0 Å². The second kappa shape index (κ2) is 8.00. The average molecular weight is 351 g/mol. The van der Waals surface area contributed by atoms with Gasteiger partial charge in [-0.1, -0.05) is 22.0 Å². The van der Waals surface area contributed by atoms with Gasteiger partial charge >= 0.3 is 0 Å². The molecular formula is C16H19BrN2O2. The highest BCUT2D eigenvalue weighted by atomic mass is 79.9. The highest BCUT2D eigenvalue weighted by Gasteiger charge is 2.04. The molecule has 0 unspecified atom stereocenters. The van der Waals surface area contributed by atoms with Gasteiger partial charge in [0.1, 0.15) is 11.5 Å². The summed E-state index contributed by atoms with van der Waals surface area (Å²) in [5.74, 6) is 1.82. The van der Waals surface area contributed by atoms with Gasteiger partial charge in [-0.3, -0.25) is 4.79 Å². The van der Waals surface area contributed by atoms with Gasteiger partial charge < -0.3 is 15.1 Å². The number of nitrogens with one attached hydrogen (secondary N) is 2. The lowest BCUT2D eigenvalue weighted by molar-refractivity contribution is 0.0953. The highest BCUT2D eigenvalue weighted by molar-refractivity contribution is 9.10. The predicted octanol–water partition coefficient (Wildman–Crippen LogP) is 3.26. The number of carbonyl (C=O) groups excluding carboxylic acids is 1. The van der Waals surface area contributed by atoms with Crippen LogP contribution in [0.2, 0.25) is 0 Å². The number of aryl methyl sites for hydroxylation is 1. The second-order valence-corrected chi connectivity index (χ2v) is 5.72. The summed E-state index contributed by atoms with van der Waals surface area (Å²) in [7, 11) is 0. The van der Waals surface area contributed by atoms with Crippen LogP contribution in [-0.2, 0) is 6.54 Å². The molecule has 2 rings (SSSR count). The number of hydrogen-bond acceptors (Lipinski definition) is 3. The normalized spacial score (nSPS) is 10.6. The minimum absolute atomic E-state index is 0.0436. The molecule has 0 atom stereocenters. The van der Waals surface area contributed by atoms with Gasteiger partial charge in [-0.05, 0) is 50.2 Å². The van der Waals surface area contributed by atoms with Gasteiger partial charge in [0.25, 0.3) is 5.91 Å². The molecule has 2 N–H and O–H groups in total. The number of furan rings is 1. The lowest BCUT2D eigenvalue weighted by atomic mass is 10.2. The Hall–Kier alpha value is -1.59. The van der Waals surface area contributed by atoms with Gasteiger partial charge in [-0.15, -0.1) is 0 Å². The van der Waals surface area contributed by atoms with Crippen molar-refractivity contribution in [3.05, 3.63) is 58.0 Å². The molecule has 0 saturated heterocycles. The van der Waals surface area contributed by atoms with Crippen LogP contribution < -0.4 is 10.6 Å². The zero-order valence-electron chi connectivity index (χ0n) is 12.0. The van der Waals surface area contributed by atoms with Crippen molar-refractivity contribution >= 4 is 21.8 Å². The van der Waals surface area contributed by atoms with Gasteiger partial charge in [0.05, 0.1) is 6.54 Å². The molecule has 4 nitrogen and oxygen atoms in total. The summed E-state index contributed by atoms with van der Waals surface area (Å²) < 4.78 is 6.37. The van der Waals surface area contributed by atoms with Crippen LogP contribution in [0, 0.1) is 6.92 Å². The lowest BCUT2D eigenvalue weighted by Crippen LogP contribution is -2.27. The van der Waals surface area contributed by atoms with Crippen molar-refractivity contribution in [3.8, 4) is 0 Å². The third-order valence-electron chi connectivity index (χ3n) is 3.00. The van der Waals surface area contributed by atoms with E-state index in [9.17, 15) is 4.79 Å². The molecule has 0 aliphatic rings. The van der Waals surface area contributed by atoms with Crippen molar-refractivity contribution in [2.75, 3.05) is 13.1 Å². The van der Waals surface area contributed by atoms with E-state index in [4.69, 9.17) is 4.42 Å². The first-order valence-corrected chi connectivity index (χ1v) is 7.74. The van der Waals surface area contributed by atoms with Crippen LogP contribution >= 0.6 is 15.9 Å². The van der Waals surface area contributed by atoms with Gasteiger partial charge in [-0.2, -0.15) is 0 Å². The Bertz CT molecular complexity index is 595. The molecular weight excluding hydrogens is 332 g/mol. The van der Waals surface area contributed by atoms with Crippen molar-refractivity contribution in [1.82, 2.24) is 10.6 Å². The third-order valence-corrected chi connectivity index (χ3v) is 3.49. The van der Waals surface area contributed by atoms with Gasteiger partial charge in [0.2, 0.25) is 0 Å². The summed E-state index contributed by atoms with van der Waals surface area (Å²) in [5, 5.41) is 6.19. The fourth-order valence-corrected chi connectivity index (χ4v) is 2.34. The lowest BCUT2D eigenvalue weighted by Gasteiger charge is -2.06. The summed E-state index contributed by atoms with van der Waals surface area (Å²) >= 11 is 3.36. The number of amides is 1. The summed E-state index contributed by atoms with van der Waals surface area (Å²) in [4.78, 5) is 11.9. The molecule has 0 fully saturated rings. The molecule has 5 heteroatoms. The summed E-state index contributed by atoms with van der Waals surface area (Å²) in [6.45, 7) is 4.13. The van der Waals surface area contributed by atoms with Crippen LogP contribution in [0.5, 0.6) is 0 Å². The van der Waals surface area contributed by atoms with E-state index < -0.39 is 0 Å². The number of benzene rings is 1. The van der Waals surface area contributed by atoms with Gasteiger partial charge in [-0.25, -0.2) is 0 Å². The Morgan fingerprint density at radius 2 is 2.10 bits per heavy atom. The fraction of sp³-hybridized carbons (Fsp3) is 0.312. The first-order chi connectivity index (χ1) is 10.1. The first-order valence-electron chi connectivity index (χ1n) is 6.95. The highest BCUT2D eigenvalue weighted by Crippen LogP contribution is 2.11. The average Bonchev–Trinajstić information content (AvgIpc) is 2.88. The van der Waals surface area contributed by atoms with Crippen LogP contribution in [0.15, 0.2) is 45.3 Å². The molecule has 2 aromatic rings. The molecule has 0 aliphatic heterocycles. The van der Waals surface area contributed by atoms with Crippen LogP contribution in [0.3, 0.4) is 0 Å². The molecule has 0 radical (unpaired) electrons. The molecule has 0 spiro atoms. The summed E-state index contributed by atoms with van der Waals surface area (Å²) in [5.41, 5.74) is 0.670. The molecule has 0 bridgehead atoms. The maximum absolute atomic E-state index is 11.9. The van der Waals surface area contributed by atoms with E-state index in [0.717, 1.165) is 29.0 Å². The minimum atomic E-state index is -0.0436. The molecule has 1 amide bonds. The Morgan fingerprint density at radius 3 is 2.81 bits per heavy atom. The van der Waals surface area contributed by atoms with Crippen molar-refractivity contribution < 1.29 is 9.21 Å². The zero-order valence-corrected chi connectivity index (χ0v) is 13.6. The molecule has 1 aromatic carbocycles.